The molecule has 2 N–H and O–H groups in total. The molecule has 6 nitrogen and oxygen atoms in total. The molecule has 0 saturated heterocycles. The highest BCUT2D eigenvalue weighted by molar-refractivity contribution is 6.13. The second-order valence-corrected chi connectivity index (χ2v) is 5.74. The lowest BCUT2D eigenvalue weighted by atomic mass is 9.97. The first-order valence-corrected chi connectivity index (χ1v) is 8.48. The summed E-state index contributed by atoms with van der Waals surface area (Å²) >= 11 is 0. The molecule has 2 aromatic rings. The van der Waals surface area contributed by atoms with Gasteiger partial charge in [-0.3, -0.25) is 4.79 Å². The molecule has 0 spiro atoms. The Morgan fingerprint density at radius 1 is 0.926 bits per heavy atom. The molecule has 144 valence electrons. The van der Waals surface area contributed by atoms with Crippen LogP contribution in [0.2, 0.25) is 0 Å². The van der Waals surface area contributed by atoms with Gasteiger partial charge in [0.05, 0.1) is 39.7 Å². The van der Waals surface area contributed by atoms with Crippen LogP contribution in [0, 0.1) is 0 Å². The smallest absolute Gasteiger partial charge is 0.204 e. The van der Waals surface area contributed by atoms with Crippen LogP contribution in [0.3, 0.4) is 0 Å². The number of benzene rings is 2. The van der Waals surface area contributed by atoms with Gasteiger partial charge in [-0.2, -0.15) is 0 Å². The van der Waals surface area contributed by atoms with E-state index in [1.807, 2.05) is 19.1 Å². The lowest BCUT2D eigenvalue weighted by molar-refractivity contribution is 0.102. The maximum absolute atomic E-state index is 13.1. The number of carbonyl (C=O) groups is 1. The van der Waals surface area contributed by atoms with Gasteiger partial charge in [0, 0.05) is 5.57 Å². The molecule has 0 amide bonds. The molecule has 27 heavy (non-hydrogen) atoms. The highest BCUT2D eigenvalue weighted by atomic mass is 16.5. The summed E-state index contributed by atoms with van der Waals surface area (Å²) in [5.74, 6) is 1.67. The summed E-state index contributed by atoms with van der Waals surface area (Å²) in [4.78, 5) is 13.1. The summed E-state index contributed by atoms with van der Waals surface area (Å²) in [5, 5.41) is 0. The average molecular weight is 371 g/mol. The minimum atomic E-state index is -0.148. The van der Waals surface area contributed by atoms with E-state index in [1.54, 1.807) is 31.4 Å². The Bertz CT molecular complexity index is 858. The van der Waals surface area contributed by atoms with Gasteiger partial charge in [0.15, 0.2) is 17.3 Å². The number of methoxy groups -OCH3 is 4. The van der Waals surface area contributed by atoms with E-state index < -0.39 is 0 Å². The van der Waals surface area contributed by atoms with Crippen LogP contribution in [0.25, 0.3) is 6.08 Å². The molecule has 0 aliphatic carbocycles. The van der Waals surface area contributed by atoms with Gasteiger partial charge in [0.25, 0.3) is 0 Å². The van der Waals surface area contributed by atoms with E-state index in [0.717, 1.165) is 5.56 Å². The van der Waals surface area contributed by atoms with Crippen molar-refractivity contribution in [1.82, 2.24) is 0 Å². The van der Waals surface area contributed by atoms with Gasteiger partial charge in [-0.25, -0.2) is 0 Å². The van der Waals surface area contributed by atoms with Gasteiger partial charge >= 0.3 is 0 Å². The topological polar surface area (TPSA) is 80.0 Å². The second-order valence-electron chi connectivity index (χ2n) is 5.74. The zero-order valence-corrected chi connectivity index (χ0v) is 16.3. The molecule has 0 fully saturated rings. The van der Waals surface area contributed by atoms with Crippen LogP contribution in [0.15, 0.2) is 35.9 Å². The summed E-state index contributed by atoms with van der Waals surface area (Å²) in [6.45, 7) is 1.92. The first kappa shape index (κ1) is 20.2. The van der Waals surface area contributed by atoms with Crippen molar-refractivity contribution in [1.29, 1.82) is 0 Å². The molecule has 0 radical (unpaired) electrons. The summed E-state index contributed by atoms with van der Waals surface area (Å²) in [6, 6.07) is 8.76. The molecule has 0 aromatic heterocycles. The molecule has 0 heterocycles. The third-order valence-electron chi connectivity index (χ3n) is 4.22. The van der Waals surface area contributed by atoms with Gasteiger partial charge in [-0.15, -0.1) is 0 Å². The van der Waals surface area contributed by atoms with Crippen molar-refractivity contribution in [3.63, 3.8) is 0 Å². The summed E-state index contributed by atoms with van der Waals surface area (Å²) in [5.41, 5.74) is 8.31. The van der Waals surface area contributed by atoms with Crippen molar-refractivity contribution in [2.24, 2.45) is 0 Å². The number of ether oxygens (including phenoxy) is 4. The Hall–Kier alpha value is -3.15. The Morgan fingerprint density at radius 3 is 2.07 bits per heavy atom. The number of hydrogen-bond donors (Lipinski definition) is 1. The molecule has 0 bridgehead atoms. The number of nitrogen functional groups attached to an aromatic ring is 1. The van der Waals surface area contributed by atoms with Crippen molar-refractivity contribution in [2.75, 3.05) is 34.2 Å². The van der Waals surface area contributed by atoms with Gasteiger partial charge < -0.3 is 24.7 Å². The molecule has 0 aliphatic heterocycles. The van der Waals surface area contributed by atoms with E-state index in [1.165, 1.54) is 21.3 Å². The van der Waals surface area contributed by atoms with Crippen LogP contribution in [0.4, 0.5) is 5.69 Å². The molecule has 2 aromatic carbocycles. The lowest BCUT2D eigenvalue weighted by Crippen LogP contribution is -2.07. The average Bonchev–Trinajstić information content (AvgIpc) is 2.70. The first-order valence-electron chi connectivity index (χ1n) is 8.48. The highest BCUT2D eigenvalue weighted by Gasteiger charge is 2.22. The zero-order valence-electron chi connectivity index (χ0n) is 16.3. The summed E-state index contributed by atoms with van der Waals surface area (Å²) in [6.07, 6.45) is 2.36. The van der Waals surface area contributed by atoms with Crippen molar-refractivity contribution in [2.45, 2.75) is 13.3 Å². The van der Waals surface area contributed by atoms with Crippen molar-refractivity contribution in [3.8, 4) is 23.0 Å². The van der Waals surface area contributed by atoms with E-state index in [0.29, 0.717) is 46.2 Å². The standard InChI is InChI=1S/C21H25NO5/c1-6-14(11-13-7-9-17(24-2)16(22)12-13)19(23)15-8-10-18(25-3)21(27-5)20(15)26-4/h7-12H,6,22H2,1-5H3. The largest absolute Gasteiger partial charge is 0.495 e. The number of nitrogens with two attached hydrogens (primary N) is 1. The molecule has 6 heteroatoms. The summed E-state index contributed by atoms with van der Waals surface area (Å²) in [7, 11) is 6.09. The first-order chi connectivity index (χ1) is 13.0. The minimum absolute atomic E-state index is 0.148. The predicted molar refractivity (Wildman–Crippen MR) is 106 cm³/mol. The Labute approximate surface area is 159 Å². The number of hydrogen-bond acceptors (Lipinski definition) is 6. The van der Waals surface area contributed by atoms with Crippen molar-refractivity contribution < 1.29 is 23.7 Å². The number of rotatable bonds is 8. The van der Waals surface area contributed by atoms with Crippen LogP contribution in [-0.4, -0.2) is 34.2 Å². The van der Waals surface area contributed by atoms with Gasteiger partial charge in [-0.1, -0.05) is 13.0 Å². The van der Waals surface area contributed by atoms with Crippen LogP contribution < -0.4 is 24.7 Å². The fourth-order valence-electron chi connectivity index (χ4n) is 2.83. The van der Waals surface area contributed by atoms with E-state index in [2.05, 4.69) is 0 Å². The second kappa shape index (κ2) is 8.98. The van der Waals surface area contributed by atoms with Crippen LogP contribution >= 0.6 is 0 Å². The maximum Gasteiger partial charge on any atom is 0.204 e. The number of carbonyl (C=O) groups excluding carboxylic acids is 1. The predicted octanol–water partition coefficient (Wildman–Crippen LogP) is 3.98. The lowest BCUT2D eigenvalue weighted by Gasteiger charge is -2.16. The number of anilines is 1. The maximum atomic E-state index is 13.1. The SMILES string of the molecule is CCC(=Cc1ccc(OC)c(N)c1)C(=O)c1ccc(OC)c(OC)c1OC. The van der Waals surface area contributed by atoms with E-state index in [4.69, 9.17) is 24.7 Å². The van der Waals surface area contributed by atoms with Crippen LogP contribution in [-0.2, 0) is 0 Å². The molecule has 0 saturated carbocycles. The van der Waals surface area contributed by atoms with E-state index in [-0.39, 0.29) is 5.78 Å². The van der Waals surface area contributed by atoms with Crippen LogP contribution in [0.5, 0.6) is 23.0 Å². The Kier molecular flexibility index (Phi) is 6.71. The van der Waals surface area contributed by atoms with Crippen molar-refractivity contribution >= 4 is 17.5 Å². The third-order valence-corrected chi connectivity index (χ3v) is 4.22. The monoisotopic (exact) mass is 371 g/mol. The fraction of sp³-hybridized carbons (Fsp3) is 0.286. The van der Waals surface area contributed by atoms with Gasteiger partial charge in [-0.05, 0) is 42.3 Å². The van der Waals surface area contributed by atoms with Gasteiger partial charge in [0.1, 0.15) is 5.75 Å². The zero-order chi connectivity index (χ0) is 20.0. The number of Topliss-reactive ketones (excluding diaryl/α,β-unsaturated/α-hetero) is 1. The van der Waals surface area contributed by atoms with Crippen LogP contribution in [0.1, 0.15) is 29.3 Å². The van der Waals surface area contributed by atoms with Crippen molar-refractivity contribution in [3.05, 3.63) is 47.0 Å². The third kappa shape index (κ3) is 4.16. The normalized spacial score (nSPS) is 11.1. The quantitative estimate of drug-likeness (QED) is 0.429. The van der Waals surface area contributed by atoms with E-state index in [9.17, 15) is 4.79 Å². The molecular formula is C21H25NO5. The molecule has 0 unspecified atom stereocenters. The highest BCUT2D eigenvalue weighted by Crippen LogP contribution is 2.40. The molecule has 0 atom stereocenters. The molecule has 0 aliphatic rings. The summed E-state index contributed by atoms with van der Waals surface area (Å²) < 4.78 is 21.3. The molecule has 2 rings (SSSR count). The number of ketones is 1. The minimum Gasteiger partial charge on any atom is -0.495 e. The fourth-order valence-corrected chi connectivity index (χ4v) is 2.83. The Balaban J connectivity index is 2.49. The number of allylic oxidation sites excluding steroid dienone is 1. The Morgan fingerprint density at radius 2 is 1.56 bits per heavy atom. The van der Waals surface area contributed by atoms with E-state index >= 15 is 0 Å². The molecular weight excluding hydrogens is 346 g/mol. The van der Waals surface area contributed by atoms with Gasteiger partial charge in [0.2, 0.25) is 5.75 Å².